The van der Waals surface area contributed by atoms with E-state index in [-0.39, 0.29) is 19.8 Å². The summed E-state index contributed by atoms with van der Waals surface area (Å²) >= 11 is 0. The van der Waals surface area contributed by atoms with Gasteiger partial charge in [0.05, 0.1) is 25.6 Å². The zero-order chi connectivity index (χ0) is 18.0. The molecule has 2 aromatic heterocycles. The Hall–Kier alpha value is -1.89. The second-order valence-corrected chi connectivity index (χ2v) is 5.70. The Balaban J connectivity index is 1.91. The molecule has 0 radical (unpaired) electrons. The number of aliphatic hydroxyl groups excluding tert-OH is 4. The number of ether oxygens (including phenoxy) is 2. The van der Waals surface area contributed by atoms with Crippen LogP contribution in [0.1, 0.15) is 6.23 Å². The highest BCUT2D eigenvalue weighted by Crippen LogP contribution is 2.33. The van der Waals surface area contributed by atoms with Crippen LogP contribution in [0.15, 0.2) is 12.7 Å². The van der Waals surface area contributed by atoms with Gasteiger partial charge < -0.3 is 35.2 Å². The Morgan fingerprint density at radius 1 is 1.36 bits per heavy atom. The summed E-state index contributed by atoms with van der Waals surface area (Å²) in [5, 5.41) is 40.7. The fraction of sp³-hybridized carbons (Fsp3) is 0.643. The van der Waals surface area contributed by atoms with Crippen molar-refractivity contribution in [2.45, 2.75) is 30.6 Å². The van der Waals surface area contributed by atoms with Crippen molar-refractivity contribution in [3.05, 3.63) is 12.7 Å². The molecule has 0 saturated carbocycles. The van der Waals surface area contributed by atoms with Crippen LogP contribution in [0, 0.1) is 0 Å². The lowest BCUT2D eigenvalue weighted by atomic mass is 10.1. The van der Waals surface area contributed by atoms with E-state index in [1.54, 1.807) is 4.57 Å². The minimum atomic E-state index is -0.989. The van der Waals surface area contributed by atoms with Gasteiger partial charge in [-0.15, -0.1) is 0 Å². The molecule has 1 aliphatic rings. The number of aliphatic hydroxyl groups is 4. The van der Waals surface area contributed by atoms with Crippen molar-refractivity contribution < 1.29 is 29.9 Å². The highest BCUT2D eigenvalue weighted by atomic mass is 16.6. The van der Waals surface area contributed by atoms with Crippen LogP contribution in [-0.4, -0.2) is 91.2 Å². The van der Waals surface area contributed by atoms with E-state index in [1.807, 2.05) is 0 Å². The second kappa shape index (κ2) is 7.56. The Morgan fingerprint density at radius 3 is 2.84 bits per heavy atom. The normalized spacial score (nSPS) is 27.7. The molecule has 0 aromatic carbocycles. The van der Waals surface area contributed by atoms with E-state index in [2.05, 4.69) is 20.3 Å². The summed E-state index contributed by atoms with van der Waals surface area (Å²) in [6.45, 7) is -0.617. The summed E-state index contributed by atoms with van der Waals surface area (Å²) < 4.78 is 12.6. The number of fused-ring (bicyclic) bond motifs is 1. The van der Waals surface area contributed by atoms with Crippen LogP contribution in [0.4, 0.5) is 5.82 Å². The minimum Gasteiger partial charge on any atom is -0.394 e. The van der Waals surface area contributed by atoms with Crippen LogP contribution in [0.25, 0.3) is 11.2 Å². The van der Waals surface area contributed by atoms with Gasteiger partial charge in [-0.3, -0.25) is 4.57 Å². The Kier molecular flexibility index (Phi) is 5.42. The first kappa shape index (κ1) is 17.9. The monoisotopic (exact) mass is 355 g/mol. The molecule has 3 rings (SSSR count). The Labute approximate surface area is 142 Å². The molecule has 11 heteroatoms. The van der Waals surface area contributed by atoms with Gasteiger partial charge in [0.1, 0.15) is 24.6 Å². The van der Waals surface area contributed by atoms with Crippen LogP contribution < -0.4 is 5.32 Å². The predicted octanol–water partition coefficient (Wildman–Crippen LogP) is -2.14. The van der Waals surface area contributed by atoms with Gasteiger partial charge in [0.25, 0.3) is 0 Å². The molecule has 1 unspecified atom stereocenters. The van der Waals surface area contributed by atoms with Crippen molar-refractivity contribution in [1.29, 1.82) is 0 Å². The minimum absolute atomic E-state index is 0.0986. The topological polar surface area (TPSA) is 155 Å². The number of aromatic nitrogens is 4. The van der Waals surface area contributed by atoms with Gasteiger partial charge in [0, 0.05) is 13.7 Å². The van der Waals surface area contributed by atoms with E-state index in [1.165, 1.54) is 19.8 Å². The molecule has 0 bridgehead atoms. The molecule has 0 spiro atoms. The number of imidazole rings is 1. The number of anilines is 1. The summed E-state index contributed by atoms with van der Waals surface area (Å²) in [6, 6.07) is 0. The fourth-order valence-corrected chi connectivity index (χ4v) is 2.79. The smallest absolute Gasteiger partial charge is 0.167 e. The lowest BCUT2D eigenvalue weighted by molar-refractivity contribution is -0.0583. The Bertz CT molecular complexity index is 712. The molecule has 1 aliphatic heterocycles. The number of hydrogen-bond donors (Lipinski definition) is 5. The number of rotatable bonds is 7. The molecule has 11 nitrogen and oxygen atoms in total. The van der Waals surface area contributed by atoms with Gasteiger partial charge >= 0.3 is 0 Å². The molecule has 138 valence electrons. The predicted molar refractivity (Wildman–Crippen MR) is 84.7 cm³/mol. The quantitative estimate of drug-likeness (QED) is 0.371. The van der Waals surface area contributed by atoms with Crippen molar-refractivity contribution in [3.8, 4) is 0 Å². The number of methoxy groups -OCH3 is 1. The SMILES string of the molecule is CO[C@@H]1[C@H](O)[C@@H](CO)O[C@H]1n1cnc2c(NCC(O)CO)ncnc21. The third-order valence-corrected chi connectivity index (χ3v) is 4.11. The highest BCUT2D eigenvalue weighted by Gasteiger charge is 2.45. The van der Waals surface area contributed by atoms with E-state index in [4.69, 9.17) is 14.6 Å². The average Bonchev–Trinajstić information content (AvgIpc) is 3.20. The summed E-state index contributed by atoms with van der Waals surface area (Å²) in [5.41, 5.74) is 0.877. The van der Waals surface area contributed by atoms with E-state index >= 15 is 0 Å². The lowest BCUT2D eigenvalue weighted by Crippen LogP contribution is -2.34. The van der Waals surface area contributed by atoms with Crippen LogP contribution in [0.2, 0.25) is 0 Å². The average molecular weight is 355 g/mol. The van der Waals surface area contributed by atoms with E-state index < -0.39 is 30.6 Å². The zero-order valence-electron chi connectivity index (χ0n) is 13.6. The molecule has 1 fully saturated rings. The maximum Gasteiger partial charge on any atom is 0.167 e. The molecule has 0 amide bonds. The van der Waals surface area contributed by atoms with Crippen molar-refractivity contribution >= 4 is 17.0 Å². The number of hydrogen-bond acceptors (Lipinski definition) is 10. The standard InChI is InChI=1S/C14H21N5O6/c1-24-11-10(23)8(4-21)25-14(11)19-6-18-9-12(15-2-7(22)3-20)16-5-17-13(9)19/h5-8,10-11,14,20-23H,2-4H2,1H3,(H,15,16,17)/t7?,8-,10-,11-,14-/m1/s1. The summed E-state index contributed by atoms with van der Waals surface area (Å²) in [5.74, 6) is 0.391. The molecule has 2 aromatic rings. The third-order valence-electron chi connectivity index (χ3n) is 4.11. The number of nitrogens with zero attached hydrogens (tertiary/aromatic N) is 4. The maximum absolute atomic E-state index is 10.2. The molecule has 5 atom stereocenters. The van der Waals surface area contributed by atoms with E-state index in [9.17, 15) is 15.3 Å². The molecular formula is C14H21N5O6. The van der Waals surface area contributed by atoms with Crippen LogP contribution in [0.5, 0.6) is 0 Å². The summed E-state index contributed by atoms with van der Waals surface area (Å²) in [4.78, 5) is 12.5. The fourth-order valence-electron chi connectivity index (χ4n) is 2.79. The number of nitrogens with one attached hydrogen (secondary N) is 1. The first-order chi connectivity index (χ1) is 12.1. The Morgan fingerprint density at radius 2 is 2.16 bits per heavy atom. The maximum atomic E-state index is 10.2. The van der Waals surface area contributed by atoms with Gasteiger partial charge in [0.2, 0.25) is 0 Å². The summed E-state index contributed by atoms with van der Waals surface area (Å²) in [7, 11) is 1.45. The van der Waals surface area contributed by atoms with Crippen molar-refractivity contribution in [3.63, 3.8) is 0 Å². The first-order valence-electron chi connectivity index (χ1n) is 7.78. The van der Waals surface area contributed by atoms with Crippen LogP contribution in [0.3, 0.4) is 0 Å². The summed E-state index contributed by atoms with van der Waals surface area (Å²) in [6.07, 6.45) is -1.29. The molecule has 25 heavy (non-hydrogen) atoms. The van der Waals surface area contributed by atoms with Gasteiger partial charge in [-0.25, -0.2) is 15.0 Å². The lowest BCUT2D eigenvalue weighted by Gasteiger charge is -2.20. The molecule has 5 N–H and O–H groups in total. The van der Waals surface area contributed by atoms with Crippen LogP contribution in [-0.2, 0) is 9.47 Å². The highest BCUT2D eigenvalue weighted by molar-refractivity contribution is 5.82. The third kappa shape index (κ3) is 3.29. The largest absolute Gasteiger partial charge is 0.394 e. The van der Waals surface area contributed by atoms with Gasteiger partial charge in [-0.2, -0.15) is 0 Å². The molecule has 1 saturated heterocycles. The zero-order valence-corrected chi connectivity index (χ0v) is 13.6. The van der Waals surface area contributed by atoms with Gasteiger partial charge in [0.15, 0.2) is 23.2 Å². The van der Waals surface area contributed by atoms with E-state index in [0.717, 1.165) is 0 Å². The molecule has 0 aliphatic carbocycles. The first-order valence-corrected chi connectivity index (χ1v) is 7.78. The molecular weight excluding hydrogens is 334 g/mol. The van der Waals surface area contributed by atoms with E-state index in [0.29, 0.717) is 17.0 Å². The van der Waals surface area contributed by atoms with Crippen molar-refractivity contribution in [2.24, 2.45) is 0 Å². The van der Waals surface area contributed by atoms with Crippen molar-refractivity contribution in [2.75, 3.05) is 32.2 Å². The van der Waals surface area contributed by atoms with Gasteiger partial charge in [-0.1, -0.05) is 0 Å². The van der Waals surface area contributed by atoms with Crippen molar-refractivity contribution in [1.82, 2.24) is 19.5 Å². The second-order valence-electron chi connectivity index (χ2n) is 5.70. The van der Waals surface area contributed by atoms with Gasteiger partial charge in [-0.05, 0) is 0 Å². The molecule has 3 heterocycles. The van der Waals surface area contributed by atoms with Crippen LogP contribution >= 0.6 is 0 Å².